The van der Waals surface area contributed by atoms with E-state index in [2.05, 4.69) is 0 Å². The lowest BCUT2D eigenvalue weighted by Crippen LogP contribution is -2.06. The van der Waals surface area contributed by atoms with Gasteiger partial charge in [0, 0.05) is 15.6 Å². The summed E-state index contributed by atoms with van der Waals surface area (Å²) in [5.74, 6) is -0.598. The first kappa shape index (κ1) is 16.7. The molecule has 0 aromatic heterocycles. The Balaban J connectivity index is 2.15. The van der Waals surface area contributed by atoms with Crippen LogP contribution >= 0.6 is 58.0 Å². The van der Waals surface area contributed by atoms with Gasteiger partial charge < -0.3 is 4.74 Å². The summed E-state index contributed by atoms with van der Waals surface area (Å²) in [6, 6.07) is 7.53. The van der Waals surface area contributed by atoms with Gasteiger partial charge in [-0.05, 0) is 30.3 Å². The Labute approximate surface area is 146 Å². The van der Waals surface area contributed by atoms with Crippen molar-refractivity contribution in [2.45, 2.75) is 6.61 Å². The molecule has 2 rings (SSSR count). The van der Waals surface area contributed by atoms with Crippen molar-refractivity contribution in [3.05, 3.63) is 66.6 Å². The zero-order chi connectivity index (χ0) is 15.6. The Hall–Kier alpha value is -0.640. The molecule has 0 aliphatic carbocycles. The van der Waals surface area contributed by atoms with Crippen LogP contribution in [-0.4, -0.2) is 5.97 Å². The van der Waals surface area contributed by atoms with Crippen LogP contribution in [-0.2, 0) is 11.3 Å². The van der Waals surface area contributed by atoms with E-state index in [1.807, 2.05) is 0 Å². The van der Waals surface area contributed by atoms with E-state index < -0.39 is 5.97 Å². The molecule has 0 aliphatic rings. The molecule has 0 N–H and O–H groups in total. The molecule has 2 aromatic rings. The third-order valence-electron chi connectivity index (χ3n) is 2.60. The van der Waals surface area contributed by atoms with Crippen LogP contribution in [0.15, 0.2) is 30.3 Å². The smallest absolute Gasteiger partial charge is 0.339 e. The van der Waals surface area contributed by atoms with Gasteiger partial charge in [-0.15, -0.1) is 0 Å². The summed E-state index contributed by atoms with van der Waals surface area (Å²) >= 11 is 29.5. The topological polar surface area (TPSA) is 26.3 Å². The molecule has 0 amide bonds. The molecular formula is C14H7Cl5O2. The maximum atomic E-state index is 12.0. The van der Waals surface area contributed by atoms with E-state index in [-0.39, 0.29) is 17.2 Å². The third kappa shape index (κ3) is 4.18. The zero-order valence-corrected chi connectivity index (χ0v) is 14.1. The maximum absolute atomic E-state index is 12.0. The van der Waals surface area contributed by atoms with Crippen LogP contribution in [0.2, 0.25) is 25.1 Å². The van der Waals surface area contributed by atoms with Gasteiger partial charge in [0.05, 0.1) is 20.6 Å². The molecule has 0 spiro atoms. The monoisotopic (exact) mass is 382 g/mol. The Morgan fingerprint density at radius 1 is 0.857 bits per heavy atom. The molecule has 0 saturated carbocycles. The van der Waals surface area contributed by atoms with Gasteiger partial charge in [-0.2, -0.15) is 0 Å². The molecule has 0 aliphatic heterocycles. The summed E-state index contributed by atoms with van der Waals surface area (Å²) in [4.78, 5) is 12.0. The normalized spacial score (nSPS) is 10.5. The van der Waals surface area contributed by atoms with Crippen molar-refractivity contribution in [2.24, 2.45) is 0 Å². The lowest BCUT2D eigenvalue weighted by molar-refractivity contribution is 0.0473. The minimum absolute atomic E-state index is 0.0907. The van der Waals surface area contributed by atoms with Gasteiger partial charge >= 0.3 is 5.97 Å². The highest BCUT2D eigenvalue weighted by Gasteiger charge is 2.15. The second kappa shape index (κ2) is 7.08. The standard InChI is InChI=1S/C14H7Cl5O2/c15-7-1-2-9(11(17)3-7)14(20)21-6-10-12(18)4-8(16)5-13(10)19/h1-5H,6H2. The molecular weight excluding hydrogens is 377 g/mol. The van der Waals surface area contributed by atoms with Gasteiger partial charge in [-0.25, -0.2) is 4.79 Å². The summed E-state index contributed by atoms with van der Waals surface area (Å²) in [5, 5.41) is 1.69. The van der Waals surface area contributed by atoms with Crippen molar-refractivity contribution in [1.82, 2.24) is 0 Å². The summed E-state index contributed by atoms with van der Waals surface area (Å²) in [7, 11) is 0. The predicted molar refractivity (Wildman–Crippen MR) is 87.1 cm³/mol. The fourth-order valence-corrected chi connectivity index (χ4v) is 2.99. The Bertz CT molecular complexity index is 677. The summed E-state index contributed by atoms with van der Waals surface area (Å²) < 4.78 is 5.16. The SMILES string of the molecule is O=C(OCc1c(Cl)cc(Cl)cc1Cl)c1ccc(Cl)cc1Cl. The molecule has 2 aromatic carbocycles. The molecule has 0 radical (unpaired) electrons. The van der Waals surface area contributed by atoms with E-state index in [1.54, 1.807) is 6.07 Å². The van der Waals surface area contributed by atoms with Crippen LogP contribution in [0.4, 0.5) is 0 Å². The highest BCUT2D eigenvalue weighted by molar-refractivity contribution is 6.39. The quantitative estimate of drug-likeness (QED) is 0.580. The van der Waals surface area contributed by atoms with Crippen molar-refractivity contribution in [3.8, 4) is 0 Å². The van der Waals surface area contributed by atoms with Gasteiger partial charge in [0.1, 0.15) is 6.61 Å². The molecule has 110 valence electrons. The zero-order valence-electron chi connectivity index (χ0n) is 10.3. The number of esters is 1. The van der Waals surface area contributed by atoms with Gasteiger partial charge in [-0.1, -0.05) is 58.0 Å². The average molecular weight is 384 g/mol. The number of hydrogen-bond donors (Lipinski definition) is 0. The summed E-state index contributed by atoms with van der Waals surface area (Å²) in [5.41, 5.74) is 0.684. The average Bonchev–Trinajstić information content (AvgIpc) is 2.36. The summed E-state index contributed by atoms with van der Waals surface area (Å²) in [6.07, 6.45) is 0. The first-order valence-corrected chi connectivity index (χ1v) is 7.53. The van der Waals surface area contributed by atoms with Crippen molar-refractivity contribution in [3.63, 3.8) is 0 Å². The number of carbonyl (C=O) groups excluding carboxylic acids is 1. The Morgan fingerprint density at radius 3 is 2.00 bits per heavy atom. The van der Waals surface area contributed by atoms with Crippen LogP contribution in [0.25, 0.3) is 0 Å². The molecule has 0 heterocycles. The predicted octanol–water partition coefficient (Wildman–Crippen LogP) is 6.31. The van der Waals surface area contributed by atoms with Crippen molar-refractivity contribution in [2.75, 3.05) is 0 Å². The van der Waals surface area contributed by atoms with Crippen molar-refractivity contribution in [1.29, 1.82) is 0 Å². The van der Waals surface area contributed by atoms with E-state index in [9.17, 15) is 4.79 Å². The molecule has 0 unspecified atom stereocenters. The molecule has 0 fully saturated rings. The fourth-order valence-electron chi connectivity index (χ4n) is 1.58. The van der Waals surface area contributed by atoms with Gasteiger partial charge in [0.15, 0.2) is 0 Å². The fraction of sp³-hybridized carbons (Fsp3) is 0.0714. The molecule has 0 saturated heterocycles. The number of ether oxygens (including phenoxy) is 1. The lowest BCUT2D eigenvalue weighted by Gasteiger charge is -2.10. The second-order valence-corrected chi connectivity index (χ2v) is 6.14. The van der Waals surface area contributed by atoms with Gasteiger partial charge in [0.25, 0.3) is 0 Å². The molecule has 21 heavy (non-hydrogen) atoms. The summed E-state index contributed by atoms with van der Waals surface area (Å²) in [6.45, 7) is -0.0907. The van der Waals surface area contributed by atoms with Crippen LogP contribution in [0.1, 0.15) is 15.9 Å². The number of hydrogen-bond acceptors (Lipinski definition) is 2. The Kier molecular flexibility index (Phi) is 5.64. The highest BCUT2D eigenvalue weighted by Crippen LogP contribution is 2.30. The van der Waals surface area contributed by atoms with Crippen LogP contribution in [0.3, 0.4) is 0 Å². The third-order valence-corrected chi connectivity index (χ3v) is 4.04. The molecule has 7 heteroatoms. The van der Waals surface area contributed by atoms with E-state index in [0.717, 1.165) is 0 Å². The van der Waals surface area contributed by atoms with Crippen molar-refractivity contribution < 1.29 is 9.53 Å². The lowest BCUT2D eigenvalue weighted by atomic mass is 10.2. The minimum atomic E-state index is -0.598. The minimum Gasteiger partial charge on any atom is -0.457 e. The molecule has 0 atom stereocenters. The van der Waals surface area contributed by atoms with Gasteiger partial charge in [0.2, 0.25) is 0 Å². The van der Waals surface area contributed by atoms with Crippen molar-refractivity contribution >= 4 is 64.0 Å². The highest BCUT2D eigenvalue weighted by atomic mass is 35.5. The maximum Gasteiger partial charge on any atom is 0.339 e. The largest absolute Gasteiger partial charge is 0.457 e. The number of carbonyl (C=O) groups is 1. The second-order valence-electron chi connectivity index (χ2n) is 4.05. The van der Waals surface area contributed by atoms with Gasteiger partial charge in [-0.3, -0.25) is 0 Å². The van der Waals surface area contributed by atoms with E-state index >= 15 is 0 Å². The molecule has 0 bridgehead atoms. The van der Waals surface area contributed by atoms with Crippen LogP contribution in [0.5, 0.6) is 0 Å². The van der Waals surface area contributed by atoms with Crippen LogP contribution < -0.4 is 0 Å². The van der Waals surface area contributed by atoms with E-state index in [0.29, 0.717) is 25.7 Å². The van der Waals surface area contributed by atoms with Crippen LogP contribution in [0, 0.1) is 0 Å². The first-order chi connectivity index (χ1) is 9.88. The number of rotatable bonds is 3. The number of halogens is 5. The first-order valence-electron chi connectivity index (χ1n) is 5.64. The Morgan fingerprint density at radius 2 is 1.43 bits per heavy atom. The van der Waals surface area contributed by atoms with E-state index in [1.165, 1.54) is 24.3 Å². The van der Waals surface area contributed by atoms with E-state index in [4.69, 9.17) is 62.7 Å². The molecule has 2 nitrogen and oxygen atoms in total. The number of benzene rings is 2.